The van der Waals surface area contributed by atoms with E-state index >= 15 is 0 Å². The third-order valence-corrected chi connectivity index (χ3v) is 6.09. The summed E-state index contributed by atoms with van der Waals surface area (Å²) in [4.78, 5) is 25.6. The van der Waals surface area contributed by atoms with E-state index in [2.05, 4.69) is 15.5 Å². The average molecular weight is 494 g/mol. The highest BCUT2D eigenvalue weighted by Crippen LogP contribution is 2.17. The maximum absolute atomic E-state index is 12.0. The van der Waals surface area contributed by atoms with Crippen LogP contribution in [-0.2, 0) is 0 Å². The summed E-state index contributed by atoms with van der Waals surface area (Å²) in [5.74, 6) is -0.00160. The van der Waals surface area contributed by atoms with Crippen LogP contribution in [0.25, 0.3) is 24.3 Å². The molecule has 9 heteroatoms. The molecule has 1 N–H and O–H groups in total. The lowest BCUT2D eigenvalue weighted by Crippen LogP contribution is -2.27. The van der Waals surface area contributed by atoms with Crippen LogP contribution in [0.15, 0.2) is 59.6 Å². The van der Waals surface area contributed by atoms with Gasteiger partial charge in [0.05, 0.1) is 11.4 Å². The number of nitrogens with zero attached hydrogens (tertiary/aromatic N) is 4. The summed E-state index contributed by atoms with van der Waals surface area (Å²) < 4.78 is 2.68. The number of carbonyl (C=O) groups is 2. The molecule has 176 valence electrons. The van der Waals surface area contributed by atoms with E-state index in [1.54, 1.807) is 48.2 Å². The van der Waals surface area contributed by atoms with Crippen LogP contribution in [0.2, 0.25) is 0 Å². The summed E-state index contributed by atoms with van der Waals surface area (Å²) in [6, 6.07) is 11.5. The van der Waals surface area contributed by atoms with E-state index in [-0.39, 0.29) is 11.9 Å². The Bertz CT molecular complexity index is 1260. The Morgan fingerprint density at radius 2 is 1.32 bits per heavy atom. The smallest absolute Gasteiger partial charge is 0.339 e. The molecule has 0 saturated heterocycles. The van der Waals surface area contributed by atoms with Gasteiger partial charge in [0.25, 0.3) is 5.91 Å². The number of rotatable bonds is 4. The lowest BCUT2D eigenvalue weighted by molar-refractivity contribution is 0.0748. The van der Waals surface area contributed by atoms with E-state index in [1.807, 2.05) is 86.2 Å². The Hall–Kier alpha value is -3.56. The van der Waals surface area contributed by atoms with Gasteiger partial charge in [0.2, 0.25) is 0 Å². The molecule has 4 aromatic heterocycles. The predicted molar refractivity (Wildman–Crippen MR) is 141 cm³/mol. The molecule has 0 spiro atoms. The Morgan fingerprint density at radius 1 is 0.824 bits per heavy atom. The first-order valence-corrected chi connectivity index (χ1v) is 12.3. The molecule has 0 aliphatic heterocycles. The summed E-state index contributed by atoms with van der Waals surface area (Å²) in [5.41, 5.74) is 1.14. The molecular weight excluding hydrogens is 466 g/mol. The predicted octanol–water partition coefficient (Wildman–Crippen LogP) is 6.10. The monoisotopic (exact) mass is 493 g/mol. The number of carbonyl (C=O) groups excluding carboxylic acids is 2. The van der Waals surface area contributed by atoms with Gasteiger partial charge in [0, 0.05) is 34.6 Å². The molecule has 0 bridgehead atoms. The largest absolute Gasteiger partial charge is 0.341 e. The van der Waals surface area contributed by atoms with Gasteiger partial charge in [-0.15, -0.1) is 22.7 Å². The summed E-state index contributed by atoms with van der Waals surface area (Å²) in [5, 5.41) is 14.9. The van der Waals surface area contributed by atoms with Gasteiger partial charge in [-0.1, -0.05) is 32.9 Å². The van der Waals surface area contributed by atoms with Crippen LogP contribution in [0.1, 0.15) is 46.7 Å². The standard InChI is InChI=1S/C14H16N2OS.C11H11N3OS/c1-14(2,3)13(17)16-9-8-11(15-16)6-7-12-5-4-10-18-12;1-12-11(15)14-7-6-9(13-14)4-5-10-3-2-8-16-10/h4-10H,1-3H3;2-8H,1H3,(H,12,15). The van der Waals surface area contributed by atoms with Crippen molar-refractivity contribution in [2.45, 2.75) is 20.8 Å². The molecule has 34 heavy (non-hydrogen) atoms. The van der Waals surface area contributed by atoms with Crippen LogP contribution in [0, 0.1) is 5.41 Å². The molecule has 0 saturated carbocycles. The van der Waals surface area contributed by atoms with E-state index < -0.39 is 5.41 Å². The summed E-state index contributed by atoms with van der Waals surface area (Å²) in [6.07, 6.45) is 11.1. The van der Waals surface area contributed by atoms with Crippen molar-refractivity contribution in [3.8, 4) is 0 Å². The molecular formula is C25H27N5O2S2. The number of amides is 1. The van der Waals surface area contributed by atoms with Crippen LogP contribution < -0.4 is 5.32 Å². The molecule has 0 aromatic carbocycles. The molecule has 1 amide bonds. The van der Waals surface area contributed by atoms with E-state index in [0.717, 1.165) is 16.3 Å². The molecule has 7 nitrogen and oxygen atoms in total. The van der Waals surface area contributed by atoms with Crippen LogP contribution in [-0.4, -0.2) is 38.5 Å². The second kappa shape index (κ2) is 11.5. The van der Waals surface area contributed by atoms with Crippen molar-refractivity contribution in [2.75, 3.05) is 7.05 Å². The van der Waals surface area contributed by atoms with Crippen molar-refractivity contribution in [3.05, 3.63) is 80.7 Å². The fraction of sp³-hybridized carbons (Fsp3) is 0.200. The minimum absolute atomic E-state index is 0.00160. The SMILES string of the molecule is CC(C)(C)C(=O)n1ccc(C=Cc2cccs2)n1.CNC(=O)n1ccc(C=Cc2cccs2)n1. The van der Waals surface area contributed by atoms with Gasteiger partial charge in [-0.05, 0) is 59.3 Å². The minimum atomic E-state index is -0.416. The van der Waals surface area contributed by atoms with Gasteiger partial charge in [0.15, 0.2) is 0 Å². The first-order chi connectivity index (χ1) is 16.3. The molecule has 0 fully saturated rings. The van der Waals surface area contributed by atoms with Crippen LogP contribution in [0.3, 0.4) is 0 Å². The zero-order valence-electron chi connectivity index (χ0n) is 19.5. The highest BCUT2D eigenvalue weighted by molar-refractivity contribution is 7.11. The van der Waals surface area contributed by atoms with Crippen molar-refractivity contribution in [3.63, 3.8) is 0 Å². The van der Waals surface area contributed by atoms with Crippen molar-refractivity contribution < 1.29 is 9.59 Å². The van der Waals surface area contributed by atoms with Gasteiger partial charge in [-0.2, -0.15) is 14.9 Å². The van der Waals surface area contributed by atoms with Gasteiger partial charge >= 0.3 is 6.03 Å². The minimum Gasteiger partial charge on any atom is -0.339 e. The zero-order valence-corrected chi connectivity index (χ0v) is 21.1. The molecule has 0 atom stereocenters. The molecule has 0 aliphatic carbocycles. The molecule has 4 heterocycles. The Morgan fingerprint density at radius 3 is 1.76 bits per heavy atom. The topological polar surface area (TPSA) is 81.8 Å². The van der Waals surface area contributed by atoms with Gasteiger partial charge in [-0.25, -0.2) is 9.48 Å². The number of hydrogen-bond acceptors (Lipinski definition) is 6. The molecule has 4 aromatic rings. The van der Waals surface area contributed by atoms with E-state index in [4.69, 9.17) is 0 Å². The lowest BCUT2D eigenvalue weighted by Gasteiger charge is -2.15. The number of aromatic nitrogens is 4. The first-order valence-electron chi connectivity index (χ1n) is 10.6. The highest BCUT2D eigenvalue weighted by Gasteiger charge is 2.23. The van der Waals surface area contributed by atoms with Crippen molar-refractivity contribution in [2.24, 2.45) is 5.41 Å². The van der Waals surface area contributed by atoms with Crippen LogP contribution in [0.4, 0.5) is 4.79 Å². The van der Waals surface area contributed by atoms with E-state index in [1.165, 1.54) is 14.2 Å². The summed E-state index contributed by atoms with van der Waals surface area (Å²) in [7, 11) is 1.57. The van der Waals surface area contributed by atoms with Gasteiger partial charge in [0.1, 0.15) is 0 Å². The molecule has 0 aliphatic rings. The summed E-state index contributed by atoms with van der Waals surface area (Å²) in [6.45, 7) is 5.66. The third kappa shape index (κ3) is 7.23. The normalized spacial score (nSPS) is 11.5. The highest BCUT2D eigenvalue weighted by atomic mass is 32.1. The number of hydrogen-bond donors (Lipinski definition) is 1. The zero-order chi connectivity index (χ0) is 24.6. The number of nitrogens with one attached hydrogen (secondary N) is 1. The van der Waals surface area contributed by atoms with Crippen molar-refractivity contribution in [1.82, 2.24) is 24.9 Å². The fourth-order valence-corrected chi connectivity index (χ4v) is 3.88. The van der Waals surface area contributed by atoms with Gasteiger partial charge in [-0.3, -0.25) is 4.79 Å². The molecule has 0 unspecified atom stereocenters. The second-order valence-electron chi connectivity index (χ2n) is 8.18. The van der Waals surface area contributed by atoms with E-state index in [9.17, 15) is 9.59 Å². The quantitative estimate of drug-likeness (QED) is 0.372. The Labute approximate surface area is 207 Å². The number of thiophene rings is 2. The molecule has 0 radical (unpaired) electrons. The third-order valence-electron chi connectivity index (χ3n) is 4.41. The maximum Gasteiger partial charge on any atom is 0.341 e. The fourth-order valence-electron chi connectivity index (χ4n) is 2.65. The first kappa shape index (κ1) is 25.1. The lowest BCUT2D eigenvalue weighted by atomic mass is 9.96. The second-order valence-corrected chi connectivity index (χ2v) is 10.1. The van der Waals surface area contributed by atoms with Crippen molar-refractivity contribution >= 4 is 58.9 Å². The Balaban J connectivity index is 0.000000192. The van der Waals surface area contributed by atoms with Crippen LogP contribution in [0.5, 0.6) is 0 Å². The van der Waals surface area contributed by atoms with Crippen LogP contribution >= 0.6 is 22.7 Å². The summed E-state index contributed by atoms with van der Waals surface area (Å²) >= 11 is 3.33. The average Bonchev–Trinajstić information content (AvgIpc) is 3.63. The molecule has 4 rings (SSSR count). The van der Waals surface area contributed by atoms with Gasteiger partial charge < -0.3 is 5.32 Å². The Kier molecular flexibility index (Phi) is 8.50. The van der Waals surface area contributed by atoms with E-state index in [0.29, 0.717) is 0 Å². The maximum atomic E-state index is 12.0. The van der Waals surface area contributed by atoms with Crippen molar-refractivity contribution in [1.29, 1.82) is 0 Å².